The van der Waals surface area contributed by atoms with Gasteiger partial charge < -0.3 is 44.6 Å². The first-order valence-electron chi connectivity index (χ1n) is 23.5. The molecule has 0 spiro atoms. The third kappa shape index (κ3) is 8.88. The first-order valence-corrected chi connectivity index (χ1v) is 24.3. The van der Waals surface area contributed by atoms with E-state index in [1.807, 2.05) is 44.2 Å². The normalized spacial score (nSPS) is 19.5. The number of halogens is 2. The number of fused-ring (bicyclic) bond motifs is 5. The average molecular weight is 980 g/mol. The summed E-state index contributed by atoms with van der Waals surface area (Å²) in [6.45, 7) is 7.09. The van der Waals surface area contributed by atoms with Gasteiger partial charge in [-0.3, -0.25) is 14.2 Å². The average Bonchev–Trinajstić information content (AvgIpc) is 4.05. The van der Waals surface area contributed by atoms with Gasteiger partial charge in [0, 0.05) is 34.5 Å². The number of nitrogens with zero attached hydrogens (tertiary/aromatic N) is 5. The van der Waals surface area contributed by atoms with E-state index in [2.05, 4.69) is 47.0 Å². The van der Waals surface area contributed by atoms with Crippen LogP contribution >= 0.6 is 11.3 Å². The Hall–Kier alpha value is -6.76. The van der Waals surface area contributed by atoms with Gasteiger partial charge in [-0.2, -0.15) is 0 Å². The molecule has 370 valence electrons. The lowest BCUT2D eigenvalue weighted by Crippen LogP contribution is -2.56. The van der Waals surface area contributed by atoms with Gasteiger partial charge in [0.25, 0.3) is 0 Å². The number of H-pyrrole nitrogens is 2. The van der Waals surface area contributed by atoms with Crippen molar-refractivity contribution in [2.45, 2.75) is 116 Å². The molecule has 1 saturated carbocycles. The van der Waals surface area contributed by atoms with Gasteiger partial charge in [0.2, 0.25) is 18.0 Å². The van der Waals surface area contributed by atoms with Crippen LogP contribution in [0.5, 0.6) is 5.75 Å². The zero-order valence-corrected chi connectivity index (χ0v) is 40.0. The van der Waals surface area contributed by atoms with Crippen molar-refractivity contribution in [2.75, 3.05) is 27.3 Å². The molecular formula is C51H59F2N9O7S. The third-order valence-electron chi connectivity index (χ3n) is 13.8. The maximum absolute atomic E-state index is 16.9. The zero-order valence-electron chi connectivity index (χ0n) is 39.2. The summed E-state index contributed by atoms with van der Waals surface area (Å²) < 4.78 is 50.7. The maximum atomic E-state index is 16.9. The Morgan fingerprint density at radius 2 is 1.43 bits per heavy atom. The molecule has 6 aromatic rings. The molecule has 16 nitrogen and oxygen atoms in total. The van der Waals surface area contributed by atoms with Crippen molar-refractivity contribution >= 4 is 46.2 Å². The number of benzene rings is 2. The van der Waals surface area contributed by atoms with E-state index in [1.54, 1.807) is 28.6 Å². The maximum Gasteiger partial charge on any atom is 0.407 e. The van der Waals surface area contributed by atoms with Crippen molar-refractivity contribution in [3.05, 3.63) is 88.1 Å². The number of thiophene rings is 1. The molecular weight excluding hydrogens is 921 g/mol. The van der Waals surface area contributed by atoms with Gasteiger partial charge in [-0.1, -0.05) is 27.3 Å². The SMILES string of the molecule is C.COC(=O)NC(C(=O)N1CCC[C@H]1c1ncc(-c2cc(F)c3c(c2)OC(c2ccc(C4CC4)s2)n2c-3cc3cc(-c4cnc([C@@H]5CCCN5C(=O)[C@@H](NC(=O)OC)C(C)C)[nH]4)ccc32)[nH]1)C(C)(C)F. The summed E-state index contributed by atoms with van der Waals surface area (Å²) in [7, 11) is 2.42. The van der Waals surface area contributed by atoms with Crippen molar-refractivity contribution < 1.29 is 42.2 Å². The molecule has 10 rings (SSSR count). The number of alkyl halides is 1. The number of aromatic nitrogens is 5. The van der Waals surface area contributed by atoms with Crippen LogP contribution in [0.25, 0.3) is 44.7 Å². The van der Waals surface area contributed by atoms with Crippen molar-refractivity contribution in [1.82, 2.24) is 44.9 Å². The first kappa shape index (κ1) is 48.3. The van der Waals surface area contributed by atoms with Crippen LogP contribution in [-0.2, 0) is 19.1 Å². The molecule has 2 saturated heterocycles. The van der Waals surface area contributed by atoms with E-state index >= 15 is 8.78 Å². The lowest BCUT2D eigenvalue weighted by molar-refractivity contribution is -0.138. The van der Waals surface area contributed by atoms with Gasteiger partial charge >= 0.3 is 12.2 Å². The molecule has 3 fully saturated rings. The Kier molecular flexibility index (Phi) is 13.0. The number of aromatic amines is 2. The quantitative estimate of drug-likeness (QED) is 0.0925. The fraction of sp³-hybridized carbons (Fsp3) is 0.451. The molecule has 5 atom stereocenters. The van der Waals surface area contributed by atoms with Crippen LogP contribution in [0.3, 0.4) is 0 Å². The Morgan fingerprint density at radius 3 is 2.04 bits per heavy atom. The number of carbonyl (C=O) groups excluding carboxylic acids is 4. The molecule has 19 heteroatoms. The van der Waals surface area contributed by atoms with Gasteiger partial charge in [-0.15, -0.1) is 11.3 Å². The number of rotatable bonds is 12. The van der Waals surface area contributed by atoms with E-state index in [1.165, 1.54) is 36.8 Å². The standard InChI is InChI=1S/C50H55F2N9O7S.CH4/c1-25(2)41(57-48(64)66-5)45(62)59-17-7-9-34(59)43-53-23-31(55-43)27-13-14-33-29(19-27)21-36-40-30(51)20-28(22-37(40)68-47(61(33)36)39-16-15-38(69-39)26-11-12-26)32-24-54-44(56-32)35-10-8-18-60(35)46(63)42(50(3,4)52)58-49(65)67-6;/h13-16,19-26,34-35,41-42,47H,7-12,17-18H2,1-6H3,(H,53,55)(H,54,56)(H,57,64)(H,58,65);1H4/t34-,35-,41-,42?,47?;/m0./s1. The topological polar surface area (TPSA) is 189 Å². The molecule has 2 unspecified atom stereocenters. The second kappa shape index (κ2) is 18.9. The minimum absolute atomic E-state index is 0. The van der Waals surface area contributed by atoms with Crippen molar-refractivity contribution in [1.29, 1.82) is 0 Å². The lowest BCUT2D eigenvalue weighted by atomic mass is 9.99. The smallest absolute Gasteiger partial charge is 0.407 e. The highest BCUT2D eigenvalue weighted by Crippen LogP contribution is 2.50. The highest BCUT2D eigenvalue weighted by molar-refractivity contribution is 7.12. The van der Waals surface area contributed by atoms with Crippen LogP contribution in [0.4, 0.5) is 18.4 Å². The predicted octanol–water partition coefficient (Wildman–Crippen LogP) is 9.92. The third-order valence-corrected chi connectivity index (χ3v) is 15.1. The van der Waals surface area contributed by atoms with Gasteiger partial charge in [0.15, 0.2) is 0 Å². The van der Waals surface area contributed by atoms with Crippen molar-refractivity contribution in [3.8, 4) is 39.5 Å². The summed E-state index contributed by atoms with van der Waals surface area (Å²) in [5, 5.41) is 5.92. The van der Waals surface area contributed by atoms with Crippen LogP contribution in [-0.4, -0.2) is 103 Å². The number of carbonyl (C=O) groups is 4. The highest BCUT2D eigenvalue weighted by Gasteiger charge is 2.44. The molecule has 2 aromatic carbocycles. The zero-order chi connectivity index (χ0) is 48.5. The number of alkyl carbamates (subject to hydrolysis) is 2. The van der Waals surface area contributed by atoms with Gasteiger partial charge in [0.1, 0.15) is 41.0 Å². The van der Waals surface area contributed by atoms with E-state index in [0.29, 0.717) is 78.2 Å². The second-order valence-electron chi connectivity index (χ2n) is 19.2. The van der Waals surface area contributed by atoms with Crippen molar-refractivity contribution in [2.24, 2.45) is 5.92 Å². The van der Waals surface area contributed by atoms with Gasteiger partial charge in [-0.25, -0.2) is 28.3 Å². The summed E-state index contributed by atoms with van der Waals surface area (Å²) in [5.41, 5.74) is 2.35. The summed E-state index contributed by atoms with van der Waals surface area (Å²) >= 11 is 1.71. The van der Waals surface area contributed by atoms with Crippen molar-refractivity contribution in [3.63, 3.8) is 0 Å². The molecule has 4 amide bonds. The van der Waals surface area contributed by atoms with E-state index in [4.69, 9.17) is 14.5 Å². The minimum atomic E-state index is -2.08. The molecule has 7 heterocycles. The largest absolute Gasteiger partial charge is 0.464 e. The number of hydrogen-bond donors (Lipinski definition) is 4. The Bertz CT molecular complexity index is 2970. The molecule has 4 aliphatic rings. The van der Waals surface area contributed by atoms with E-state index in [0.717, 1.165) is 53.4 Å². The van der Waals surface area contributed by atoms with Crippen LogP contribution in [0.1, 0.15) is 119 Å². The lowest BCUT2D eigenvalue weighted by Gasteiger charge is -2.32. The van der Waals surface area contributed by atoms with E-state index < -0.39 is 53.9 Å². The first-order chi connectivity index (χ1) is 33.1. The summed E-state index contributed by atoms with van der Waals surface area (Å²) in [4.78, 5) is 73.6. The number of hydrogen-bond acceptors (Lipinski definition) is 10. The number of likely N-dealkylation sites (tertiary alicyclic amines) is 2. The number of imidazole rings is 2. The van der Waals surface area contributed by atoms with E-state index in [9.17, 15) is 19.2 Å². The van der Waals surface area contributed by atoms with Crippen LogP contribution in [0, 0.1) is 11.7 Å². The fourth-order valence-corrected chi connectivity index (χ4v) is 11.3. The van der Waals surface area contributed by atoms with E-state index in [-0.39, 0.29) is 25.3 Å². The summed E-state index contributed by atoms with van der Waals surface area (Å²) in [6, 6.07) is 12.5. The van der Waals surface area contributed by atoms with Gasteiger partial charge in [0.05, 0.1) is 71.7 Å². The molecule has 1 aliphatic carbocycles. The van der Waals surface area contributed by atoms with Crippen LogP contribution < -0.4 is 15.4 Å². The highest BCUT2D eigenvalue weighted by atomic mass is 32.1. The monoisotopic (exact) mass is 979 g/mol. The molecule has 0 radical (unpaired) electrons. The Labute approximate surface area is 408 Å². The van der Waals surface area contributed by atoms with Gasteiger partial charge in [-0.05, 0) is 107 Å². The molecule has 70 heavy (non-hydrogen) atoms. The number of ether oxygens (including phenoxy) is 3. The number of amides is 4. The minimum Gasteiger partial charge on any atom is -0.464 e. The van der Waals surface area contributed by atoms with Crippen LogP contribution in [0.15, 0.2) is 60.9 Å². The summed E-state index contributed by atoms with van der Waals surface area (Å²) in [5.74, 6) is 0.555. The predicted molar refractivity (Wildman–Crippen MR) is 260 cm³/mol. The number of nitrogens with one attached hydrogen (secondary N) is 4. The van der Waals surface area contributed by atoms with Crippen LogP contribution in [0.2, 0.25) is 0 Å². The summed E-state index contributed by atoms with van der Waals surface area (Å²) in [6.07, 6.45) is 6.17. The molecule has 4 N–H and O–H groups in total. The molecule has 0 bridgehead atoms. The second-order valence-corrected chi connectivity index (χ2v) is 20.4. The Balaban J connectivity index is 0.00000608. The molecule has 4 aromatic heterocycles. The molecule has 3 aliphatic heterocycles. The number of methoxy groups -OCH3 is 2. The fourth-order valence-electron chi connectivity index (χ4n) is 10.1. The Morgan fingerprint density at radius 1 is 0.814 bits per heavy atom.